The highest BCUT2D eigenvalue weighted by molar-refractivity contribution is 5.99. The monoisotopic (exact) mass is 287 g/mol. The lowest BCUT2D eigenvalue weighted by molar-refractivity contribution is 0.0693. The van der Waals surface area contributed by atoms with Gasteiger partial charge in [-0.15, -0.1) is 0 Å². The fourth-order valence-electron chi connectivity index (χ4n) is 2.47. The summed E-state index contributed by atoms with van der Waals surface area (Å²) in [7, 11) is 1.60. The van der Waals surface area contributed by atoms with Crippen molar-refractivity contribution in [1.82, 2.24) is 4.57 Å². The smallest absolute Gasteiger partial charge is 0.338 e. The molecule has 2 rings (SSSR count). The molecule has 2 aromatic rings. The van der Waals surface area contributed by atoms with Crippen molar-refractivity contribution in [2.45, 2.75) is 20.4 Å². The summed E-state index contributed by atoms with van der Waals surface area (Å²) >= 11 is 0. The molecular weight excluding hydrogens is 270 g/mol. The Labute approximate surface area is 122 Å². The van der Waals surface area contributed by atoms with Gasteiger partial charge in [-0.3, -0.25) is 4.79 Å². The highest BCUT2D eigenvalue weighted by atomic mass is 16.5. The van der Waals surface area contributed by atoms with Crippen LogP contribution in [0.1, 0.15) is 37.7 Å². The minimum absolute atomic E-state index is 0.0796. The Bertz CT molecular complexity index is 683. The Morgan fingerprint density at radius 2 is 1.86 bits per heavy atom. The zero-order valence-electron chi connectivity index (χ0n) is 12.2. The first-order chi connectivity index (χ1) is 9.99. The molecule has 21 heavy (non-hydrogen) atoms. The number of carboxylic acids is 1. The maximum Gasteiger partial charge on any atom is 0.338 e. The molecule has 0 unspecified atom stereocenters. The van der Waals surface area contributed by atoms with E-state index in [0.29, 0.717) is 24.2 Å². The van der Waals surface area contributed by atoms with E-state index in [0.717, 1.165) is 11.3 Å². The van der Waals surface area contributed by atoms with Crippen LogP contribution in [0.15, 0.2) is 24.3 Å². The lowest BCUT2D eigenvalue weighted by atomic mass is 10.1. The number of carbonyl (C=O) groups excluding carboxylic acids is 1. The van der Waals surface area contributed by atoms with Gasteiger partial charge in [0.25, 0.3) is 0 Å². The first-order valence-corrected chi connectivity index (χ1v) is 6.50. The molecular formula is C16H17NO4. The van der Waals surface area contributed by atoms with E-state index in [4.69, 9.17) is 4.74 Å². The third kappa shape index (κ3) is 2.67. The maximum atomic E-state index is 11.3. The van der Waals surface area contributed by atoms with Crippen LogP contribution in [0.3, 0.4) is 0 Å². The highest BCUT2D eigenvalue weighted by Crippen LogP contribution is 2.23. The number of nitrogens with zero attached hydrogens (tertiary/aromatic N) is 1. The van der Waals surface area contributed by atoms with Crippen molar-refractivity contribution in [3.63, 3.8) is 0 Å². The molecule has 0 bridgehead atoms. The summed E-state index contributed by atoms with van der Waals surface area (Å²) in [5.74, 6) is -0.314. The van der Waals surface area contributed by atoms with Crippen LogP contribution >= 0.6 is 0 Å². The predicted octanol–water partition coefficient (Wildman–Crippen LogP) is 2.67. The van der Waals surface area contributed by atoms with E-state index in [2.05, 4.69) is 0 Å². The average Bonchev–Trinajstić information content (AvgIpc) is 2.72. The first kappa shape index (κ1) is 14.8. The molecule has 0 spiro atoms. The van der Waals surface area contributed by atoms with Gasteiger partial charge in [-0.25, -0.2) is 4.79 Å². The van der Waals surface area contributed by atoms with Crippen molar-refractivity contribution in [3.8, 4) is 5.75 Å². The van der Waals surface area contributed by atoms with E-state index in [9.17, 15) is 14.7 Å². The molecule has 1 aromatic carbocycles. The molecule has 110 valence electrons. The third-order valence-electron chi connectivity index (χ3n) is 3.66. The van der Waals surface area contributed by atoms with Gasteiger partial charge >= 0.3 is 5.97 Å². The number of hydrogen-bond donors (Lipinski definition) is 1. The highest BCUT2D eigenvalue weighted by Gasteiger charge is 2.22. The lowest BCUT2D eigenvalue weighted by Gasteiger charge is -2.10. The van der Waals surface area contributed by atoms with Crippen LogP contribution in [0.25, 0.3) is 0 Å². The SMILES string of the molecule is COc1ccc(Cn2c(C)c(C=O)c(C(=O)O)c2C)cc1. The zero-order valence-corrected chi connectivity index (χ0v) is 12.2. The number of hydrogen-bond acceptors (Lipinski definition) is 3. The second-order valence-corrected chi connectivity index (χ2v) is 4.82. The maximum absolute atomic E-state index is 11.3. The van der Waals surface area contributed by atoms with Gasteiger partial charge in [0.05, 0.1) is 12.7 Å². The van der Waals surface area contributed by atoms with E-state index < -0.39 is 5.97 Å². The Balaban J connectivity index is 2.44. The number of aromatic nitrogens is 1. The van der Waals surface area contributed by atoms with Crippen molar-refractivity contribution < 1.29 is 19.4 Å². The summed E-state index contributed by atoms with van der Waals surface area (Å²) in [5, 5.41) is 9.26. The molecule has 0 saturated carbocycles. The molecule has 0 atom stereocenters. The Kier molecular flexibility index (Phi) is 4.12. The van der Waals surface area contributed by atoms with E-state index in [-0.39, 0.29) is 11.1 Å². The summed E-state index contributed by atoms with van der Waals surface area (Å²) in [4.78, 5) is 22.5. The minimum atomic E-state index is -1.08. The summed E-state index contributed by atoms with van der Waals surface area (Å²) in [6, 6.07) is 7.53. The predicted molar refractivity (Wildman–Crippen MR) is 78.3 cm³/mol. The van der Waals surface area contributed by atoms with Gasteiger partial charge in [0, 0.05) is 23.5 Å². The minimum Gasteiger partial charge on any atom is -0.497 e. The van der Waals surface area contributed by atoms with Crippen molar-refractivity contribution >= 4 is 12.3 Å². The summed E-state index contributed by atoms with van der Waals surface area (Å²) < 4.78 is 6.95. The fraction of sp³-hybridized carbons (Fsp3) is 0.250. The van der Waals surface area contributed by atoms with Gasteiger partial charge < -0.3 is 14.4 Å². The van der Waals surface area contributed by atoms with E-state index in [1.54, 1.807) is 21.0 Å². The van der Waals surface area contributed by atoms with Crippen LogP contribution in [0, 0.1) is 13.8 Å². The molecule has 0 amide bonds. The van der Waals surface area contributed by atoms with Crippen molar-refractivity contribution in [2.24, 2.45) is 0 Å². The lowest BCUT2D eigenvalue weighted by Crippen LogP contribution is -2.05. The quantitative estimate of drug-likeness (QED) is 0.858. The number of aldehydes is 1. The molecule has 1 heterocycles. The number of carbonyl (C=O) groups is 2. The third-order valence-corrected chi connectivity index (χ3v) is 3.66. The molecule has 0 fully saturated rings. The van der Waals surface area contributed by atoms with Crippen molar-refractivity contribution in [2.75, 3.05) is 7.11 Å². The number of ether oxygens (including phenoxy) is 1. The van der Waals surface area contributed by atoms with E-state index in [1.807, 2.05) is 28.8 Å². The Hall–Kier alpha value is -2.56. The number of aromatic carboxylic acids is 1. The number of methoxy groups -OCH3 is 1. The van der Waals surface area contributed by atoms with Crippen LogP contribution in [0.4, 0.5) is 0 Å². The Morgan fingerprint density at radius 3 is 2.29 bits per heavy atom. The number of rotatable bonds is 5. The molecule has 5 heteroatoms. The Morgan fingerprint density at radius 1 is 1.24 bits per heavy atom. The normalized spacial score (nSPS) is 10.4. The summed E-state index contributed by atoms with van der Waals surface area (Å²) in [6.07, 6.45) is 0.607. The van der Waals surface area contributed by atoms with E-state index >= 15 is 0 Å². The molecule has 0 saturated heterocycles. The molecule has 0 aliphatic carbocycles. The largest absolute Gasteiger partial charge is 0.497 e. The standard InChI is InChI=1S/C16H17NO4/c1-10-14(9-18)15(16(19)20)11(2)17(10)8-12-4-6-13(21-3)7-5-12/h4-7,9H,8H2,1-3H3,(H,19,20). The van der Waals surface area contributed by atoms with Crippen molar-refractivity contribution in [3.05, 3.63) is 52.3 Å². The van der Waals surface area contributed by atoms with Crippen LogP contribution < -0.4 is 4.74 Å². The topological polar surface area (TPSA) is 68.5 Å². The van der Waals surface area contributed by atoms with Crippen molar-refractivity contribution in [1.29, 1.82) is 0 Å². The second kappa shape index (κ2) is 5.83. The van der Waals surface area contributed by atoms with Crippen LogP contribution in [0.2, 0.25) is 0 Å². The summed E-state index contributed by atoms with van der Waals surface area (Å²) in [6.45, 7) is 3.98. The van der Waals surface area contributed by atoms with Gasteiger partial charge in [0.1, 0.15) is 5.75 Å². The van der Waals surface area contributed by atoms with Crippen LogP contribution in [-0.2, 0) is 6.54 Å². The number of carboxylic acid groups (broad SMARTS) is 1. The van der Waals surface area contributed by atoms with Crippen LogP contribution in [-0.4, -0.2) is 29.0 Å². The van der Waals surface area contributed by atoms with E-state index in [1.165, 1.54) is 0 Å². The fourth-order valence-corrected chi connectivity index (χ4v) is 2.47. The van der Waals surface area contributed by atoms with Crippen LogP contribution in [0.5, 0.6) is 5.75 Å². The van der Waals surface area contributed by atoms with Gasteiger partial charge in [0.15, 0.2) is 6.29 Å². The van der Waals surface area contributed by atoms with Gasteiger partial charge in [-0.2, -0.15) is 0 Å². The zero-order chi connectivity index (χ0) is 15.6. The molecule has 1 N–H and O–H groups in total. The average molecular weight is 287 g/mol. The molecule has 0 aliphatic rings. The van der Waals surface area contributed by atoms with Gasteiger partial charge in [-0.05, 0) is 31.5 Å². The second-order valence-electron chi connectivity index (χ2n) is 4.82. The van der Waals surface area contributed by atoms with Gasteiger partial charge in [0.2, 0.25) is 0 Å². The first-order valence-electron chi connectivity index (χ1n) is 6.50. The molecule has 0 aliphatic heterocycles. The molecule has 5 nitrogen and oxygen atoms in total. The molecule has 0 radical (unpaired) electrons. The summed E-state index contributed by atoms with van der Waals surface area (Å²) in [5.41, 5.74) is 2.57. The number of benzene rings is 1. The molecule has 1 aromatic heterocycles. The van der Waals surface area contributed by atoms with Gasteiger partial charge in [-0.1, -0.05) is 12.1 Å².